The van der Waals surface area contributed by atoms with Crippen molar-refractivity contribution in [1.29, 1.82) is 0 Å². The van der Waals surface area contributed by atoms with Crippen LogP contribution in [0.4, 0.5) is 0 Å². The van der Waals surface area contributed by atoms with Gasteiger partial charge in [0.25, 0.3) is 0 Å². The molecule has 0 amide bonds. The van der Waals surface area contributed by atoms with Crippen molar-refractivity contribution in [3.63, 3.8) is 0 Å². The van der Waals surface area contributed by atoms with Crippen LogP contribution in [0, 0.1) is 5.41 Å². The van der Waals surface area contributed by atoms with Crippen molar-refractivity contribution < 1.29 is 9.53 Å². The van der Waals surface area contributed by atoms with Crippen LogP contribution in [0.3, 0.4) is 0 Å². The lowest BCUT2D eigenvalue weighted by Crippen LogP contribution is -2.24. The third-order valence-electron chi connectivity index (χ3n) is 2.17. The van der Waals surface area contributed by atoms with Gasteiger partial charge in [-0.2, -0.15) is 0 Å². The SMILES string of the molecule is CCC(C)(C)C(=S)CC(=O)OC. The molecule has 0 atom stereocenters. The van der Waals surface area contributed by atoms with Gasteiger partial charge in [-0.1, -0.05) is 33.0 Å². The first-order chi connectivity index (χ1) is 5.44. The van der Waals surface area contributed by atoms with E-state index in [1.165, 1.54) is 7.11 Å². The van der Waals surface area contributed by atoms with Gasteiger partial charge >= 0.3 is 5.97 Å². The van der Waals surface area contributed by atoms with Crippen molar-refractivity contribution in [3.05, 3.63) is 0 Å². The van der Waals surface area contributed by atoms with E-state index in [9.17, 15) is 4.79 Å². The zero-order chi connectivity index (χ0) is 9.78. The Kier molecular flexibility index (Phi) is 4.39. The van der Waals surface area contributed by atoms with E-state index >= 15 is 0 Å². The number of hydrogen-bond acceptors (Lipinski definition) is 3. The Bertz CT molecular complexity index is 185. The minimum absolute atomic E-state index is 0.0382. The van der Waals surface area contributed by atoms with Crippen molar-refractivity contribution in [2.24, 2.45) is 5.41 Å². The fraction of sp³-hybridized carbons (Fsp3) is 0.778. The summed E-state index contributed by atoms with van der Waals surface area (Å²) in [4.78, 5) is 11.6. The second-order valence-electron chi connectivity index (χ2n) is 3.41. The molecular formula is C9H16O2S. The van der Waals surface area contributed by atoms with Crippen LogP contribution in [0.5, 0.6) is 0 Å². The van der Waals surface area contributed by atoms with Gasteiger partial charge in [-0.05, 0) is 11.8 Å². The molecule has 0 aliphatic heterocycles. The summed E-state index contributed by atoms with van der Waals surface area (Å²) in [5.41, 5.74) is -0.0382. The van der Waals surface area contributed by atoms with E-state index in [1.807, 2.05) is 13.8 Å². The maximum atomic E-state index is 10.9. The number of ether oxygens (including phenoxy) is 1. The Labute approximate surface area is 79.3 Å². The van der Waals surface area contributed by atoms with Crippen molar-refractivity contribution >= 4 is 23.1 Å². The maximum absolute atomic E-state index is 10.9. The van der Waals surface area contributed by atoms with Gasteiger partial charge in [0.05, 0.1) is 13.5 Å². The number of thiocarbonyl (C=S) groups is 1. The standard InChI is InChI=1S/C9H16O2S/c1-5-9(2,3)7(12)6-8(10)11-4/h5-6H2,1-4H3. The third-order valence-corrected chi connectivity index (χ3v) is 2.87. The predicted octanol–water partition coefficient (Wildman–Crippen LogP) is 2.36. The molecule has 0 aliphatic carbocycles. The summed E-state index contributed by atoms with van der Waals surface area (Å²) in [6, 6.07) is 0. The number of carbonyl (C=O) groups is 1. The molecule has 0 unspecified atom stereocenters. The summed E-state index contributed by atoms with van der Waals surface area (Å²) >= 11 is 5.13. The molecule has 0 aromatic heterocycles. The Morgan fingerprint density at radius 3 is 2.33 bits per heavy atom. The maximum Gasteiger partial charge on any atom is 0.310 e. The second-order valence-corrected chi connectivity index (χ2v) is 3.91. The van der Waals surface area contributed by atoms with Gasteiger partial charge in [-0.15, -0.1) is 0 Å². The van der Waals surface area contributed by atoms with Crippen LogP contribution in [0.1, 0.15) is 33.6 Å². The first kappa shape index (κ1) is 11.6. The lowest BCUT2D eigenvalue weighted by molar-refractivity contribution is -0.139. The van der Waals surface area contributed by atoms with Gasteiger partial charge in [0, 0.05) is 4.86 Å². The monoisotopic (exact) mass is 188 g/mol. The van der Waals surface area contributed by atoms with E-state index in [0.29, 0.717) is 0 Å². The van der Waals surface area contributed by atoms with Gasteiger partial charge in [-0.25, -0.2) is 0 Å². The number of hydrogen-bond donors (Lipinski definition) is 0. The molecule has 0 saturated heterocycles. The molecule has 0 heterocycles. The Balaban J connectivity index is 4.13. The second kappa shape index (κ2) is 4.55. The predicted molar refractivity (Wildman–Crippen MR) is 53.3 cm³/mol. The normalized spacial score (nSPS) is 11.0. The molecule has 0 spiro atoms. The van der Waals surface area contributed by atoms with E-state index in [1.54, 1.807) is 0 Å². The zero-order valence-corrected chi connectivity index (χ0v) is 8.96. The highest BCUT2D eigenvalue weighted by atomic mass is 32.1. The Morgan fingerprint density at radius 2 is 2.00 bits per heavy atom. The Morgan fingerprint density at radius 1 is 1.50 bits per heavy atom. The number of carbonyl (C=O) groups excluding carboxylic acids is 1. The summed E-state index contributed by atoms with van der Waals surface area (Å²) in [6.45, 7) is 6.14. The molecule has 3 heteroatoms. The van der Waals surface area contributed by atoms with Crippen LogP contribution in [-0.2, 0) is 9.53 Å². The third kappa shape index (κ3) is 3.30. The molecule has 0 saturated carbocycles. The average molecular weight is 188 g/mol. The van der Waals surface area contributed by atoms with Crippen LogP contribution in [0.15, 0.2) is 0 Å². The van der Waals surface area contributed by atoms with Crippen LogP contribution in [0.2, 0.25) is 0 Å². The van der Waals surface area contributed by atoms with Gasteiger partial charge in [0.2, 0.25) is 0 Å². The average Bonchev–Trinajstić information content (AvgIpc) is 2.04. The van der Waals surface area contributed by atoms with E-state index in [2.05, 4.69) is 11.7 Å². The zero-order valence-electron chi connectivity index (χ0n) is 8.14. The van der Waals surface area contributed by atoms with Gasteiger partial charge < -0.3 is 4.74 Å². The van der Waals surface area contributed by atoms with Gasteiger partial charge in [0.1, 0.15) is 0 Å². The van der Waals surface area contributed by atoms with Gasteiger partial charge in [0.15, 0.2) is 0 Å². The highest BCUT2D eigenvalue weighted by Crippen LogP contribution is 2.24. The fourth-order valence-electron chi connectivity index (χ4n) is 0.640. The summed E-state index contributed by atoms with van der Waals surface area (Å²) in [7, 11) is 1.38. The molecule has 0 bridgehead atoms. The summed E-state index contributed by atoms with van der Waals surface area (Å²) in [5.74, 6) is -0.249. The molecule has 2 nitrogen and oxygen atoms in total. The van der Waals surface area contributed by atoms with E-state index in [0.717, 1.165) is 11.3 Å². The molecule has 12 heavy (non-hydrogen) atoms. The van der Waals surface area contributed by atoms with Crippen LogP contribution < -0.4 is 0 Å². The van der Waals surface area contributed by atoms with Crippen molar-refractivity contribution in [2.45, 2.75) is 33.6 Å². The molecule has 0 N–H and O–H groups in total. The molecule has 0 aromatic carbocycles. The van der Waals surface area contributed by atoms with E-state index in [4.69, 9.17) is 12.2 Å². The highest BCUT2D eigenvalue weighted by Gasteiger charge is 2.23. The van der Waals surface area contributed by atoms with Crippen molar-refractivity contribution in [1.82, 2.24) is 0 Å². The van der Waals surface area contributed by atoms with Crippen LogP contribution in [-0.4, -0.2) is 17.9 Å². The molecule has 70 valence electrons. The number of esters is 1. The van der Waals surface area contributed by atoms with Crippen molar-refractivity contribution in [3.8, 4) is 0 Å². The lowest BCUT2D eigenvalue weighted by Gasteiger charge is -2.22. The minimum atomic E-state index is -0.249. The minimum Gasteiger partial charge on any atom is -0.469 e. The molecule has 0 aromatic rings. The molecular weight excluding hydrogens is 172 g/mol. The molecule has 0 aliphatic rings. The molecule has 0 fully saturated rings. The van der Waals surface area contributed by atoms with Crippen LogP contribution in [0.25, 0.3) is 0 Å². The number of rotatable bonds is 4. The first-order valence-corrected chi connectivity index (χ1v) is 4.45. The van der Waals surface area contributed by atoms with Gasteiger partial charge in [-0.3, -0.25) is 4.79 Å². The highest BCUT2D eigenvalue weighted by molar-refractivity contribution is 7.80. The molecule has 0 radical (unpaired) electrons. The Hall–Kier alpha value is -0.440. The lowest BCUT2D eigenvalue weighted by atomic mass is 9.85. The largest absolute Gasteiger partial charge is 0.469 e. The number of methoxy groups -OCH3 is 1. The summed E-state index contributed by atoms with van der Waals surface area (Å²) < 4.78 is 4.53. The molecule has 0 rings (SSSR count). The van der Waals surface area contributed by atoms with E-state index < -0.39 is 0 Å². The summed E-state index contributed by atoms with van der Waals surface area (Å²) in [6.07, 6.45) is 1.20. The fourth-order valence-corrected chi connectivity index (χ4v) is 0.902. The smallest absolute Gasteiger partial charge is 0.310 e. The van der Waals surface area contributed by atoms with Crippen molar-refractivity contribution in [2.75, 3.05) is 7.11 Å². The van der Waals surface area contributed by atoms with E-state index in [-0.39, 0.29) is 17.8 Å². The topological polar surface area (TPSA) is 26.3 Å². The first-order valence-electron chi connectivity index (χ1n) is 4.04. The van der Waals surface area contributed by atoms with Crippen LogP contribution >= 0.6 is 12.2 Å². The summed E-state index contributed by atoms with van der Waals surface area (Å²) in [5, 5.41) is 0. The quantitative estimate of drug-likeness (QED) is 0.500.